The molecule has 1 aliphatic heterocycles. The Balaban J connectivity index is 1.82. The number of likely N-dealkylation sites (tertiary alicyclic amines) is 1. The van der Waals surface area contributed by atoms with Crippen molar-refractivity contribution in [1.82, 2.24) is 14.9 Å². The van der Waals surface area contributed by atoms with Gasteiger partial charge in [0.15, 0.2) is 5.15 Å². The first-order valence-electron chi connectivity index (χ1n) is 8.98. The number of rotatable bonds is 4. The van der Waals surface area contributed by atoms with Crippen molar-refractivity contribution in [1.29, 1.82) is 0 Å². The average molecular weight is 424 g/mol. The molecule has 2 atom stereocenters. The fourth-order valence-electron chi connectivity index (χ4n) is 3.00. The highest BCUT2D eigenvalue weighted by molar-refractivity contribution is 6.31. The maximum absolute atomic E-state index is 12.4. The molecule has 1 aliphatic rings. The Morgan fingerprint density at radius 1 is 1.24 bits per heavy atom. The number of aliphatic carboxylic acids is 1. The Hall–Kier alpha value is -2.81. The summed E-state index contributed by atoms with van der Waals surface area (Å²) in [6, 6.07) is 4.08. The van der Waals surface area contributed by atoms with Gasteiger partial charge in [0.2, 0.25) is 0 Å². The van der Waals surface area contributed by atoms with E-state index in [9.17, 15) is 14.7 Å². The van der Waals surface area contributed by atoms with Crippen LogP contribution < -0.4 is 9.47 Å². The van der Waals surface area contributed by atoms with E-state index in [-0.39, 0.29) is 24.0 Å². The summed E-state index contributed by atoms with van der Waals surface area (Å²) in [5.41, 5.74) is 0.333. The molecule has 0 spiro atoms. The molecule has 1 aromatic carbocycles. The van der Waals surface area contributed by atoms with Crippen molar-refractivity contribution in [3.05, 3.63) is 23.4 Å². The highest BCUT2D eigenvalue weighted by Crippen LogP contribution is 2.30. The van der Waals surface area contributed by atoms with E-state index in [0.717, 1.165) is 4.90 Å². The number of hydrogen-bond donors (Lipinski definition) is 1. The lowest BCUT2D eigenvalue weighted by Crippen LogP contribution is -2.43. The Morgan fingerprint density at radius 2 is 1.97 bits per heavy atom. The lowest BCUT2D eigenvalue weighted by atomic mass is 10.2. The summed E-state index contributed by atoms with van der Waals surface area (Å²) in [6.45, 7) is 5.16. The van der Waals surface area contributed by atoms with E-state index in [0.29, 0.717) is 16.8 Å². The van der Waals surface area contributed by atoms with Crippen molar-refractivity contribution in [2.45, 2.75) is 44.9 Å². The van der Waals surface area contributed by atoms with Gasteiger partial charge in [0, 0.05) is 12.5 Å². The molecule has 1 fully saturated rings. The van der Waals surface area contributed by atoms with Crippen LogP contribution in [0.1, 0.15) is 27.2 Å². The van der Waals surface area contributed by atoms with E-state index in [4.69, 9.17) is 25.8 Å². The van der Waals surface area contributed by atoms with Gasteiger partial charge >= 0.3 is 12.1 Å². The summed E-state index contributed by atoms with van der Waals surface area (Å²) in [6.07, 6.45) is -1.27. The maximum atomic E-state index is 12.4. The van der Waals surface area contributed by atoms with Crippen LogP contribution in [0.2, 0.25) is 5.15 Å². The molecule has 29 heavy (non-hydrogen) atoms. The number of ether oxygens (including phenoxy) is 3. The topological polar surface area (TPSA) is 111 Å². The highest BCUT2D eigenvalue weighted by Gasteiger charge is 2.43. The third-order valence-electron chi connectivity index (χ3n) is 4.25. The number of carbonyl (C=O) groups excluding carboxylic acids is 1. The van der Waals surface area contributed by atoms with Crippen molar-refractivity contribution < 1.29 is 28.9 Å². The lowest BCUT2D eigenvalue weighted by Gasteiger charge is -2.26. The van der Waals surface area contributed by atoms with E-state index in [2.05, 4.69) is 9.97 Å². The largest absolute Gasteiger partial charge is 0.497 e. The van der Waals surface area contributed by atoms with E-state index < -0.39 is 29.8 Å². The van der Waals surface area contributed by atoms with Gasteiger partial charge in [-0.25, -0.2) is 19.6 Å². The smallest absolute Gasteiger partial charge is 0.411 e. The van der Waals surface area contributed by atoms with Crippen LogP contribution in [0.3, 0.4) is 0 Å². The minimum atomic E-state index is -1.14. The number of nitrogens with zero attached hydrogens (tertiary/aromatic N) is 3. The number of fused-ring (bicyclic) bond motifs is 1. The average Bonchev–Trinajstić information content (AvgIpc) is 3.05. The van der Waals surface area contributed by atoms with Gasteiger partial charge in [-0.15, -0.1) is 0 Å². The Kier molecular flexibility index (Phi) is 5.70. The summed E-state index contributed by atoms with van der Waals surface area (Å²) in [7, 11) is 1.54. The SMILES string of the molecule is COc1ccc2nc(Cl)c(O[C@@H]3C[C@@H](C(=O)O)N(C(=O)OC(C)(C)C)C3)nc2c1. The van der Waals surface area contributed by atoms with Crippen LogP contribution in [-0.4, -0.2) is 63.4 Å². The molecule has 3 rings (SSSR count). The van der Waals surface area contributed by atoms with Gasteiger partial charge in [0.25, 0.3) is 5.88 Å². The Bertz CT molecular complexity index is 945. The van der Waals surface area contributed by atoms with Gasteiger partial charge in [-0.2, -0.15) is 0 Å². The minimum absolute atomic E-state index is 0.0278. The molecule has 10 heteroatoms. The summed E-state index contributed by atoms with van der Waals surface area (Å²) in [4.78, 5) is 33.8. The Morgan fingerprint density at radius 3 is 2.59 bits per heavy atom. The third kappa shape index (κ3) is 4.79. The zero-order valence-corrected chi connectivity index (χ0v) is 17.3. The van der Waals surface area contributed by atoms with E-state index in [1.165, 1.54) is 7.11 Å². The molecule has 0 aliphatic carbocycles. The van der Waals surface area contributed by atoms with Gasteiger partial charge in [-0.1, -0.05) is 11.6 Å². The van der Waals surface area contributed by atoms with Gasteiger partial charge in [-0.3, -0.25) is 4.90 Å². The van der Waals surface area contributed by atoms with Crippen LogP contribution in [-0.2, 0) is 9.53 Å². The van der Waals surface area contributed by atoms with E-state index >= 15 is 0 Å². The van der Waals surface area contributed by atoms with E-state index in [1.54, 1.807) is 39.0 Å². The number of carboxylic acid groups (broad SMARTS) is 1. The molecule has 1 aromatic heterocycles. The fourth-order valence-corrected chi connectivity index (χ4v) is 3.17. The van der Waals surface area contributed by atoms with Crippen LogP contribution in [0.15, 0.2) is 18.2 Å². The molecule has 0 unspecified atom stereocenters. The number of benzene rings is 1. The Labute approximate surface area is 172 Å². The molecule has 1 saturated heterocycles. The van der Waals surface area contributed by atoms with Gasteiger partial charge in [0.1, 0.15) is 23.5 Å². The van der Waals surface area contributed by atoms with Crippen molar-refractivity contribution in [3.8, 4) is 11.6 Å². The van der Waals surface area contributed by atoms with Gasteiger partial charge in [-0.05, 0) is 32.9 Å². The second kappa shape index (κ2) is 7.90. The van der Waals surface area contributed by atoms with Gasteiger partial charge < -0.3 is 19.3 Å². The zero-order valence-electron chi connectivity index (χ0n) is 16.5. The first-order valence-corrected chi connectivity index (χ1v) is 9.35. The standard InChI is InChI=1S/C19H22ClN3O6/c1-19(2,3)29-18(26)23-9-11(8-14(23)17(24)25)28-16-15(20)21-12-6-5-10(27-4)7-13(12)22-16/h5-7,11,14H,8-9H2,1-4H3,(H,24,25)/t11-,14+/m1/s1. The van der Waals surface area contributed by atoms with E-state index in [1.807, 2.05) is 0 Å². The fraction of sp³-hybridized carbons (Fsp3) is 0.474. The van der Waals surface area contributed by atoms with Crippen LogP contribution >= 0.6 is 11.6 Å². The number of amides is 1. The predicted molar refractivity (Wildman–Crippen MR) is 104 cm³/mol. The van der Waals surface area contributed by atoms with Crippen molar-refractivity contribution >= 4 is 34.7 Å². The molecule has 9 nitrogen and oxygen atoms in total. The molecular formula is C19H22ClN3O6. The first kappa shape index (κ1) is 20.9. The zero-order chi connectivity index (χ0) is 21.3. The normalized spacial score (nSPS) is 19.3. The molecule has 1 N–H and O–H groups in total. The van der Waals surface area contributed by atoms with Crippen LogP contribution in [0, 0.1) is 0 Å². The van der Waals surface area contributed by atoms with Crippen LogP contribution in [0.4, 0.5) is 4.79 Å². The number of halogens is 1. The number of methoxy groups -OCH3 is 1. The summed E-state index contributed by atoms with van der Waals surface area (Å²) in [5, 5.41) is 9.54. The highest BCUT2D eigenvalue weighted by atomic mass is 35.5. The summed E-state index contributed by atoms with van der Waals surface area (Å²) >= 11 is 6.19. The second-order valence-corrected chi connectivity index (χ2v) is 7.99. The third-order valence-corrected chi connectivity index (χ3v) is 4.50. The summed E-state index contributed by atoms with van der Waals surface area (Å²) < 4.78 is 16.3. The van der Waals surface area contributed by atoms with Crippen LogP contribution in [0.5, 0.6) is 11.6 Å². The van der Waals surface area contributed by atoms with Crippen molar-refractivity contribution in [3.63, 3.8) is 0 Å². The lowest BCUT2D eigenvalue weighted by molar-refractivity contribution is -0.142. The second-order valence-electron chi connectivity index (χ2n) is 7.64. The predicted octanol–water partition coefficient (Wildman–Crippen LogP) is 3.13. The van der Waals surface area contributed by atoms with Gasteiger partial charge in [0.05, 0.1) is 24.7 Å². The quantitative estimate of drug-likeness (QED) is 0.798. The van der Waals surface area contributed by atoms with Crippen molar-refractivity contribution in [2.75, 3.05) is 13.7 Å². The number of aromatic nitrogens is 2. The molecule has 156 valence electrons. The van der Waals surface area contributed by atoms with Crippen molar-refractivity contribution in [2.24, 2.45) is 0 Å². The van der Waals surface area contributed by atoms with Crippen LogP contribution in [0.25, 0.3) is 11.0 Å². The monoisotopic (exact) mass is 423 g/mol. The number of hydrogen-bond acceptors (Lipinski definition) is 7. The molecule has 0 saturated carbocycles. The molecule has 2 aromatic rings. The minimum Gasteiger partial charge on any atom is -0.497 e. The molecule has 0 bridgehead atoms. The molecule has 2 heterocycles. The molecule has 1 amide bonds. The first-order chi connectivity index (χ1) is 13.6. The number of carbonyl (C=O) groups is 2. The molecule has 0 radical (unpaired) electrons. The maximum Gasteiger partial charge on any atom is 0.411 e. The summed E-state index contributed by atoms with van der Waals surface area (Å²) in [5.74, 6) is -0.474. The number of carboxylic acids is 1. The molecular weight excluding hydrogens is 402 g/mol.